The van der Waals surface area contributed by atoms with Crippen LogP contribution in [0.1, 0.15) is 77.1 Å². The van der Waals surface area contributed by atoms with E-state index in [1.54, 1.807) is 11.1 Å². The summed E-state index contributed by atoms with van der Waals surface area (Å²) in [5, 5.41) is 5.89. The third-order valence-electron chi connectivity index (χ3n) is 10.4. The van der Waals surface area contributed by atoms with Crippen molar-refractivity contribution in [3.63, 3.8) is 0 Å². The Morgan fingerprint density at radius 3 is 2.19 bits per heavy atom. The van der Waals surface area contributed by atoms with Gasteiger partial charge in [-0.25, -0.2) is 19.7 Å². The van der Waals surface area contributed by atoms with Gasteiger partial charge in [-0.2, -0.15) is 0 Å². The Hall–Kier alpha value is -5.24. The standard InChI is InChI=1S/C38H47N9O5/c1-20(2)30(39-5)36(48)46-16-9-13-28(46)34-42-25-11-7-10-23(32(25)44-34)35-40-19-29(52-35)22-14-15-24-26(18-22)43-33(41-24)27-12-8-17-47(27)37(49)31(21(3)4)45-38(50)51-6/h7,10-11,14-15,18-21,27-28,30-31,39H,8-9,12-13,16-17H2,1-6H3,(H,41,43)(H,42,44)(H,45,50)/t27-,28-,30?,31?/m0/s1. The summed E-state index contributed by atoms with van der Waals surface area (Å²) < 4.78 is 11.1. The Bertz CT molecular complexity index is 2100. The van der Waals surface area contributed by atoms with Gasteiger partial charge >= 0.3 is 6.09 Å². The first-order valence-electron chi connectivity index (χ1n) is 18.2. The van der Waals surface area contributed by atoms with Crippen LogP contribution in [-0.2, 0) is 14.3 Å². The number of likely N-dealkylation sites (tertiary alicyclic amines) is 2. The first-order chi connectivity index (χ1) is 25.1. The number of aromatic amines is 2. The molecule has 2 aromatic carbocycles. The number of carbonyl (C=O) groups is 3. The number of amides is 3. The fourth-order valence-corrected chi connectivity index (χ4v) is 7.69. The number of H-pyrrole nitrogens is 2. The fraction of sp³-hybridized carbons (Fsp3) is 0.474. The predicted octanol–water partition coefficient (Wildman–Crippen LogP) is 5.71. The minimum Gasteiger partial charge on any atom is -0.453 e. The number of nitrogens with one attached hydrogen (secondary N) is 4. The highest BCUT2D eigenvalue weighted by atomic mass is 16.5. The number of hydrogen-bond acceptors (Lipinski definition) is 9. The second-order valence-electron chi connectivity index (χ2n) is 14.5. The molecule has 52 heavy (non-hydrogen) atoms. The van der Waals surface area contributed by atoms with E-state index in [4.69, 9.17) is 19.1 Å². The second-order valence-corrected chi connectivity index (χ2v) is 14.5. The molecule has 3 aromatic heterocycles. The molecule has 2 aliphatic heterocycles. The number of methoxy groups -OCH3 is 1. The molecule has 2 fully saturated rings. The van der Waals surface area contributed by atoms with Gasteiger partial charge in [-0.05, 0) is 74.9 Å². The monoisotopic (exact) mass is 709 g/mol. The van der Waals surface area contributed by atoms with E-state index in [-0.39, 0.29) is 41.8 Å². The van der Waals surface area contributed by atoms with Crippen LogP contribution in [0.3, 0.4) is 0 Å². The minimum atomic E-state index is -0.702. The first kappa shape index (κ1) is 35.2. The van der Waals surface area contributed by atoms with Crippen molar-refractivity contribution in [1.29, 1.82) is 0 Å². The number of hydrogen-bond donors (Lipinski definition) is 4. The van der Waals surface area contributed by atoms with Gasteiger partial charge in [0.25, 0.3) is 0 Å². The van der Waals surface area contributed by atoms with Gasteiger partial charge in [0.15, 0.2) is 5.76 Å². The van der Waals surface area contributed by atoms with Crippen molar-refractivity contribution in [3.8, 4) is 22.8 Å². The molecule has 5 aromatic rings. The number of rotatable bonds is 10. The lowest BCUT2D eigenvalue weighted by atomic mass is 10.0. The molecule has 0 bridgehead atoms. The number of benzene rings is 2. The van der Waals surface area contributed by atoms with Crippen LogP contribution >= 0.6 is 0 Å². The van der Waals surface area contributed by atoms with E-state index in [9.17, 15) is 14.4 Å². The molecule has 0 saturated carbocycles. The summed E-state index contributed by atoms with van der Waals surface area (Å²) in [7, 11) is 3.12. The summed E-state index contributed by atoms with van der Waals surface area (Å²) in [5.41, 5.74) is 4.79. The molecule has 7 rings (SSSR count). The number of alkyl carbamates (subject to hydrolysis) is 1. The Balaban J connectivity index is 1.12. The first-order valence-corrected chi connectivity index (χ1v) is 18.2. The van der Waals surface area contributed by atoms with Gasteiger partial charge in [0, 0.05) is 18.7 Å². The lowest BCUT2D eigenvalue weighted by Gasteiger charge is -2.29. The zero-order chi connectivity index (χ0) is 36.7. The third kappa shape index (κ3) is 6.51. The summed E-state index contributed by atoms with van der Waals surface area (Å²) in [5.74, 6) is 2.51. The van der Waals surface area contributed by atoms with E-state index < -0.39 is 12.1 Å². The van der Waals surface area contributed by atoms with Gasteiger partial charge in [-0.1, -0.05) is 33.8 Å². The fourth-order valence-electron chi connectivity index (χ4n) is 7.69. The number of fused-ring (bicyclic) bond motifs is 2. The second kappa shape index (κ2) is 14.4. The SMILES string of the molecule is CNC(C(=O)N1CCC[C@H]1c1nc2cccc(-c3ncc(-c4ccc5nc([C@@H]6CCCN6C(=O)C(NC(=O)OC)C(C)C)[nH]c5c4)o3)c2[nH]1)C(C)C. The summed E-state index contributed by atoms with van der Waals surface area (Å²) in [6.45, 7) is 9.18. The van der Waals surface area contributed by atoms with Crippen molar-refractivity contribution in [1.82, 2.24) is 45.4 Å². The van der Waals surface area contributed by atoms with Crippen molar-refractivity contribution in [2.45, 2.75) is 77.5 Å². The van der Waals surface area contributed by atoms with Crippen LogP contribution in [0.15, 0.2) is 47.0 Å². The molecule has 5 heterocycles. The number of likely N-dealkylation sites (N-methyl/N-ethyl adjacent to an activating group) is 1. The van der Waals surface area contributed by atoms with Crippen molar-refractivity contribution in [2.24, 2.45) is 11.8 Å². The van der Waals surface area contributed by atoms with Crippen LogP contribution in [0.5, 0.6) is 0 Å². The number of nitrogens with zero attached hydrogens (tertiary/aromatic N) is 5. The summed E-state index contributed by atoms with van der Waals surface area (Å²) in [4.78, 5) is 64.2. The molecule has 4 atom stereocenters. The van der Waals surface area contributed by atoms with E-state index in [2.05, 4.69) is 39.4 Å². The number of carbonyl (C=O) groups excluding carboxylic acids is 3. The number of imidazole rings is 2. The highest BCUT2D eigenvalue weighted by Gasteiger charge is 2.38. The maximum Gasteiger partial charge on any atom is 0.407 e. The molecule has 14 heteroatoms. The number of ether oxygens (including phenoxy) is 1. The van der Waals surface area contributed by atoms with Gasteiger partial charge < -0.3 is 39.6 Å². The maximum atomic E-state index is 13.6. The molecule has 274 valence electrons. The lowest BCUT2D eigenvalue weighted by molar-refractivity contribution is -0.136. The van der Waals surface area contributed by atoms with Crippen molar-refractivity contribution >= 4 is 40.0 Å². The lowest BCUT2D eigenvalue weighted by Crippen LogP contribution is -2.51. The molecule has 2 saturated heterocycles. The average molecular weight is 710 g/mol. The largest absolute Gasteiger partial charge is 0.453 e. The molecule has 2 unspecified atom stereocenters. The van der Waals surface area contributed by atoms with Crippen molar-refractivity contribution in [2.75, 3.05) is 27.2 Å². The van der Waals surface area contributed by atoms with Crippen LogP contribution in [0.25, 0.3) is 44.8 Å². The summed E-state index contributed by atoms with van der Waals surface area (Å²) in [6.07, 6.45) is 4.44. The Labute approximate surface area is 302 Å². The molecule has 0 radical (unpaired) electrons. The molecule has 3 amide bonds. The topological polar surface area (TPSA) is 174 Å². The molecule has 0 spiro atoms. The van der Waals surface area contributed by atoms with Crippen LogP contribution in [0.2, 0.25) is 0 Å². The molecular formula is C38H47N9O5. The van der Waals surface area contributed by atoms with E-state index in [1.807, 2.05) is 62.2 Å². The van der Waals surface area contributed by atoms with E-state index in [0.29, 0.717) is 30.6 Å². The number of oxazole rings is 1. The summed E-state index contributed by atoms with van der Waals surface area (Å²) >= 11 is 0. The van der Waals surface area contributed by atoms with E-state index in [0.717, 1.165) is 64.7 Å². The highest BCUT2D eigenvalue weighted by Crippen LogP contribution is 2.37. The van der Waals surface area contributed by atoms with Crippen LogP contribution in [0, 0.1) is 11.8 Å². The molecule has 14 nitrogen and oxygen atoms in total. The van der Waals surface area contributed by atoms with E-state index in [1.165, 1.54) is 7.11 Å². The zero-order valence-electron chi connectivity index (χ0n) is 30.5. The quantitative estimate of drug-likeness (QED) is 0.142. The summed E-state index contributed by atoms with van der Waals surface area (Å²) in [6, 6.07) is 10.4. The van der Waals surface area contributed by atoms with Gasteiger partial charge in [0.2, 0.25) is 17.7 Å². The molecular weight excluding hydrogens is 662 g/mol. The molecule has 4 N–H and O–H groups in total. The van der Waals surface area contributed by atoms with Crippen molar-refractivity contribution < 1.29 is 23.5 Å². The highest BCUT2D eigenvalue weighted by molar-refractivity contribution is 5.91. The number of aromatic nitrogens is 5. The maximum absolute atomic E-state index is 13.6. The predicted molar refractivity (Wildman–Crippen MR) is 196 cm³/mol. The average Bonchev–Trinajstić information content (AvgIpc) is 3.97. The van der Waals surface area contributed by atoms with Gasteiger partial charge in [0.05, 0.1) is 59.1 Å². The van der Waals surface area contributed by atoms with Gasteiger partial charge in [0.1, 0.15) is 17.7 Å². The van der Waals surface area contributed by atoms with Crippen molar-refractivity contribution in [3.05, 3.63) is 54.2 Å². The number of para-hydroxylation sites is 1. The molecule has 0 aliphatic carbocycles. The Morgan fingerprint density at radius 2 is 1.54 bits per heavy atom. The molecule has 2 aliphatic rings. The van der Waals surface area contributed by atoms with Crippen LogP contribution in [-0.4, -0.2) is 92.0 Å². The normalized spacial score (nSPS) is 18.9. The zero-order valence-corrected chi connectivity index (χ0v) is 30.5. The van der Waals surface area contributed by atoms with Crippen LogP contribution < -0.4 is 10.6 Å². The third-order valence-corrected chi connectivity index (χ3v) is 10.4. The smallest absolute Gasteiger partial charge is 0.407 e. The van der Waals surface area contributed by atoms with Gasteiger partial charge in [-0.3, -0.25) is 9.59 Å². The van der Waals surface area contributed by atoms with Crippen LogP contribution in [0.4, 0.5) is 4.79 Å². The Kier molecular flexibility index (Phi) is 9.75. The minimum absolute atomic E-state index is 0.0983. The van der Waals surface area contributed by atoms with E-state index >= 15 is 0 Å². The van der Waals surface area contributed by atoms with Gasteiger partial charge in [-0.15, -0.1) is 0 Å². The Morgan fingerprint density at radius 1 is 0.885 bits per heavy atom.